The van der Waals surface area contributed by atoms with Crippen molar-refractivity contribution in [1.82, 2.24) is 4.31 Å². The van der Waals surface area contributed by atoms with Crippen molar-refractivity contribution in [1.29, 1.82) is 0 Å². The third-order valence-corrected chi connectivity index (χ3v) is 6.12. The van der Waals surface area contributed by atoms with Crippen molar-refractivity contribution in [3.63, 3.8) is 0 Å². The number of nitrogens with zero attached hydrogens (tertiary/aromatic N) is 1. The first-order valence-corrected chi connectivity index (χ1v) is 7.87. The maximum absolute atomic E-state index is 12.7. The van der Waals surface area contributed by atoms with Crippen molar-refractivity contribution in [3.8, 4) is 0 Å². The lowest BCUT2D eigenvalue weighted by atomic mass is 10.2. The van der Waals surface area contributed by atoms with Crippen molar-refractivity contribution in [2.75, 3.05) is 0 Å². The van der Waals surface area contributed by atoms with Crippen molar-refractivity contribution < 1.29 is 8.42 Å². The van der Waals surface area contributed by atoms with E-state index in [-0.39, 0.29) is 17.0 Å². The van der Waals surface area contributed by atoms with E-state index in [1.807, 2.05) is 6.08 Å². The average Bonchev–Trinajstić information content (AvgIpc) is 2.62. The van der Waals surface area contributed by atoms with E-state index in [9.17, 15) is 8.42 Å². The van der Waals surface area contributed by atoms with Crippen molar-refractivity contribution >= 4 is 21.6 Å². The van der Waals surface area contributed by atoms with Gasteiger partial charge >= 0.3 is 0 Å². The average molecular weight is 284 g/mol. The molecule has 0 amide bonds. The first-order chi connectivity index (χ1) is 8.60. The Hall–Kier alpha value is -0.840. The Morgan fingerprint density at radius 1 is 1.22 bits per heavy atom. The lowest BCUT2D eigenvalue weighted by Gasteiger charge is -2.30. The molecule has 0 radical (unpaired) electrons. The van der Waals surface area contributed by atoms with Crippen LogP contribution in [0.2, 0.25) is 5.02 Å². The predicted octanol–water partition coefficient (Wildman–Crippen LogP) is 2.82. The van der Waals surface area contributed by atoms with Crippen LogP contribution in [0, 0.1) is 0 Å². The van der Waals surface area contributed by atoms with E-state index in [2.05, 4.69) is 6.08 Å². The third kappa shape index (κ3) is 1.79. The van der Waals surface area contributed by atoms with Gasteiger partial charge in [-0.15, -0.1) is 0 Å². The zero-order valence-electron chi connectivity index (χ0n) is 9.79. The summed E-state index contributed by atoms with van der Waals surface area (Å²) in [5.41, 5.74) is 0. The second-order valence-electron chi connectivity index (χ2n) is 4.73. The van der Waals surface area contributed by atoms with E-state index in [0.29, 0.717) is 5.02 Å². The van der Waals surface area contributed by atoms with E-state index in [4.69, 9.17) is 11.6 Å². The molecule has 2 bridgehead atoms. The van der Waals surface area contributed by atoms with Gasteiger partial charge in [-0.25, -0.2) is 8.42 Å². The minimum Gasteiger partial charge on any atom is -0.207 e. The number of sulfonamides is 1. The van der Waals surface area contributed by atoms with Crippen LogP contribution in [0.25, 0.3) is 0 Å². The summed E-state index contributed by atoms with van der Waals surface area (Å²) in [6.45, 7) is 0. The summed E-state index contributed by atoms with van der Waals surface area (Å²) in [6.07, 6.45) is 6.73. The molecule has 0 N–H and O–H groups in total. The van der Waals surface area contributed by atoms with E-state index in [1.54, 1.807) is 28.6 Å². The summed E-state index contributed by atoms with van der Waals surface area (Å²) < 4.78 is 27.0. The molecule has 1 fully saturated rings. The highest BCUT2D eigenvalue weighted by atomic mass is 35.5. The second kappa shape index (κ2) is 4.37. The van der Waals surface area contributed by atoms with Gasteiger partial charge in [0.2, 0.25) is 10.0 Å². The Morgan fingerprint density at radius 3 is 2.72 bits per heavy atom. The summed E-state index contributed by atoms with van der Waals surface area (Å²) in [5, 5.41) is 0.298. The zero-order chi connectivity index (χ0) is 12.8. The molecule has 5 heteroatoms. The number of rotatable bonds is 2. The van der Waals surface area contributed by atoms with E-state index in [1.165, 1.54) is 0 Å². The van der Waals surface area contributed by atoms with E-state index >= 15 is 0 Å². The van der Waals surface area contributed by atoms with Crippen LogP contribution in [0.15, 0.2) is 41.3 Å². The molecule has 3 rings (SSSR count). The lowest BCUT2D eigenvalue weighted by Crippen LogP contribution is -2.42. The number of halogens is 1. The van der Waals surface area contributed by atoms with Crippen molar-refractivity contribution in [3.05, 3.63) is 41.4 Å². The minimum atomic E-state index is -3.48. The van der Waals surface area contributed by atoms with E-state index in [0.717, 1.165) is 19.3 Å². The molecule has 0 aliphatic carbocycles. The molecule has 2 heterocycles. The molecule has 3 nitrogen and oxygen atoms in total. The molecule has 96 valence electrons. The molecular formula is C13H14ClNO2S. The monoisotopic (exact) mass is 283 g/mol. The third-order valence-electron chi connectivity index (χ3n) is 3.64. The molecule has 2 atom stereocenters. The Labute approximate surface area is 112 Å². The normalized spacial score (nSPS) is 27.6. The van der Waals surface area contributed by atoms with Gasteiger partial charge in [0.05, 0.1) is 5.02 Å². The quantitative estimate of drug-likeness (QED) is 0.783. The topological polar surface area (TPSA) is 37.4 Å². The lowest BCUT2D eigenvalue weighted by molar-refractivity contribution is 0.341. The summed E-state index contributed by atoms with van der Waals surface area (Å²) in [5.74, 6) is 0. The van der Waals surface area contributed by atoms with Gasteiger partial charge in [-0.1, -0.05) is 35.9 Å². The summed E-state index contributed by atoms with van der Waals surface area (Å²) in [7, 11) is -3.48. The van der Waals surface area contributed by atoms with Crippen LogP contribution < -0.4 is 0 Å². The molecule has 0 spiro atoms. The smallest absolute Gasteiger partial charge is 0.207 e. The van der Waals surface area contributed by atoms with Crippen LogP contribution in [0.1, 0.15) is 19.3 Å². The van der Waals surface area contributed by atoms with Crippen LogP contribution in [-0.4, -0.2) is 24.8 Å². The van der Waals surface area contributed by atoms with Gasteiger partial charge in [0.1, 0.15) is 4.90 Å². The maximum Gasteiger partial charge on any atom is 0.245 e. The molecule has 0 saturated carbocycles. The predicted molar refractivity (Wildman–Crippen MR) is 71.0 cm³/mol. The van der Waals surface area contributed by atoms with Gasteiger partial charge in [0, 0.05) is 12.1 Å². The molecule has 1 saturated heterocycles. The Balaban J connectivity index is 2.07. The fourth-order valence-corrected chi connectivity index (χ4v) is 5.16. The zero-order valence-corrected chi connectivity index (χ0v) is 11.4. The number of hydrogen-bond acceptors (Lipinski definition) is 2. The highest BCUT2D eigenvalue weighted by Crippen LogP contribution is 2.37. The van der Waals surface area contributed by atoms with Gasteiger partial charge in [-0.05, 0) is 31.4 Å². The van der Waals surface area contributed by atoms with E-state index < -0.39 is 10.0 Å². The molecule has 2 aliphatic rings. The van der Waals surface area contributed by atoms with Crippen molar-refractivity contribution in [2.45, 2.75) is 36.2 Å². The number of benzene rings is 1. The molecular weight excluding hydrogens is 270 g/mol. The highest BCUT2D eigenvalue weighted by molar-refractivity contribution is 7.89. The number of hydrogen-bond donors (Lipinski definition) is 0. The van der Waals surface area contributed by atoms with Gasteiger partial charge in [0.15, 0.2) is 0 Å². The largest absolute Gasteiger partial charge is 0.245 e. The van der Waals surface area contributed by atoms with Crippen LogP contribution in [-0.2, 0) is 10.0 Å². The molecule has 0 unspecified atom stereocenters. The van der Waals surface area contributed by atoms with Gasteiger partial charge in [-0.2, -0.15) is 4.31 Å². The Morgan fingerprint density at radius 2 is 2.00 bits per heavy atom. The van der Waals surface area contributed by atoms with Crippen LogP contribution >= 0.6 is 11.6 Å². The second-order valence-corrected chi connectivity index (χ2v) is 6.95. The van der Waals surface area contributed by atoms with Crippen LogP contribution in [0.3, 0.4) is 0 Å². The fourth-order valence-electron chi connectivity index (χ4n) is 2.83. The van der Waals surface area contributed by atoms with Crippen molar-refractivity contribution in [2.24, 2.45) is 0 Å². The first kappa shape index (κ1) is 12.2. The minimum absolute atomic E-state index is 0.00465. The summed E-state index contributed by atoms with van der Waals surface area (Å²) in [4.78, 5) is 0.221. The molecule has 2 aliphatic heterocycles. The van der Waals surface area contributed by atoms with Crippen LogP contribution in [0.5, 0.6) is 0 Å². The Kier molecular flexibility index (Phi) is 2.96. The SMILES string of the molecule is O=S(=O)(c1ccccc1Cl)N1[C@H]2CC=C[C@H]1CC2. The fraction of sp³-hybridized carbons (Fsp3) is 0.385. The van der Waals surface area contributed by atoms with Gasteiger partial charge in [-0.3, -0.25) is 0 Å². The number of fused-ring (bicyclic) bond motifs is 2. The summed E-state index contributed by atoms with van der Waals surface area (Å²) in [6, 6.07) is 6.75. The highest BCUT2D eigenvalue weighted by Gasteiger charge is 2.42. The molecule has 1 aromatic rings. The summed E-state index contributed by atoms with van der Waals surface area (Å²) >= 11 is 6.02. The van der Waals surface area contributed by atoms with Gasteiger partial charge < -0.3 is 0 Å². The maximum atomic E-state index is 12.7. The van der Waals surface area contributed by atoms with Crippen LogP contribution in [0.4, 0.5) is 0 Å². The first-order valence-electron chi connectivity index (χ1n) is 6.05. The Bertz CT molecular complexity index is 597. The molecule has 1 aromatic carbocycles. The standard InChI is InChI=1S/C13H14ClNO2S/c14-12-6-1-2-7-13(12)18(16,17)15-10-4-3-5-11(15)9-8-10/h1-4,6-7,10-11H,5,8-9H2/t10-,11-/m0/s1. The molecule has 18 heavy (non-hydrogen) atoms. The molecule has 0 aromatic heterocycles. The van der Waals surface area contributed by atoms with Gasteiger partial charge in [0.25, 0.3) is 0 Å².